The van der Waals surface area contributed by atoms with E-state index in [1.165, 1.54) is 16.3 Å². The van der Waals surface area contributed by atoms with Gasteiger partial charge in [0, 0.05) is 28.7 Å². The van der Waals surface area contributed by atoms with Crippen LogP contribution in [0.4, 0.5) is 0 Å². The standard InChI is InChI=1S/C29H18N2O/c1-2-7-21-17-28-25(15-20(21)6-1)24-16-22(11-12-27(24)32-28)19-8-5-9-23(14-19)26-18-31-13-4-3-10-29(31)30-26/h1-18H. The normalized spacial score (nSPS) is 11.8. The van der Waals surface area contributed by atoms with Crippen LogP contribution in [0.2, 0.25) is 0 Å². The van der Waals surface area contributed by atoms with Gasteiger partial charge in [-0.3, -0.25) is 0 Å². The summed E-state index contributed by atoms with van der Waals surface area (Å²) in [6.07, 6.45) is 4.10. The monoisotopic (exact) mass is 410 g/mol. The van der Waals surface area contributed by atoms with Gasteiger partial charge in [-0.25, -0.2) is 4.98 Å². The summed E-state index contributed by atoms with van der Waals surface area (Å²) in [5.74, 6) is 0. The molecule has 7 rings (SSSR count). The zero-order valence-corrected chi connectivity index (χ0v) is 17.2. The minimum absolute atomic E-state index is 0.913. The molecule has 3 nitrogen and oxygen atoms in total. The Morgan fingerprint density at radius 1 is 0.594 bits per heavy atom. The lowest BCUT2D eigenvalue weighted by Gasteiger charge is -2.04. The van der Waals surface area contributed by atoms with Crippen LogP contribution < -0.4 is 0 Å². The SMILES string of the molecule is c1cc(-c2ccc3oc4cc5ccccc5cc4c3c2)cc(-c2cn3ccccc3n2)c1. The molecule has 0 aliphatic rings. The van der Waals surface area contributed by atoms with Crippen molar-refractivity contribution in [2.24, 2.45) is 0 Å². The summed E-state index contributed by atoms with van der Waals surface area (Å²) in [5, 5.41) is 4.71. The van der Waals surface area contributed by atoms with Crippen molar-refractivity contribution in [1.82, 2.24) is 9.38 Å². The van der Waals surface area contributed by atoms with Crippen molar-refractivity contribution in [3.63, 3.8) is 0 Å². The molecule has 150 valence electrons. The molecule has 0 unspecified atom stereocenters. The number of aromatic nitrogens is 2. The predicted octanol–water partition coefficient (Wildman–Crippen LogP) is 7.72. The fourth-order valence-electron chi connectivity index (χ4n) is 4.57. The van der Waals surface area contributed by atoms with Gasteiger partial charge < -0.3 is 8.82 Å². The molecule has 0 saturated carbocycles. The second-order valence-corrected chi connectivity index (χ2v) is 8.18. The van der Waals surface area contributed by atoms with Crippen LogP contribution in [0.15, 0.2) is 114 Å². The van der Waals surface area contributed by atoms with Gasteiger partial charge in [-0.05, 0) is 64.4 Å². The van der Waals surface area contributed by atoms with E-state index >= 15 is 0 Å². The quantitative estimate of drug-likeness (QED) is 0.292. The summed E-state index contributed by atoms with van der Waals surface area (Å²) in [6.45, 7) is 0. The zero-order chi connectivity index (χ0) is 21.1. The Morgan fingerprint density at radius 2 is 1.38 bits per heavy atom. The average molecular weight is 410 g/mol. The molecular weight excluding hydrogens is 392 g/mol. The highest BCUT2D eigenvalue weighted by Crippen LogP contribution is 2.35. The second kappa shape index (κ2) is 6.56. The Morgan fingerprint density at radius 3 is 2.28 bits per heavy atom. The maximum atomic E-state index is 6.17. The van der Waals surface area contributed by atoms with Gasteiger partial charge in [-0.2, -0.15) is 0 Å². The highest BCUT2D eigenvalue weighted by molar-refractivity contribution is 6.11. The van der Waals surface area contributed by atoms with E-state index in [-0.39, 0.29) is 0 Å². The predicted molar refractivity (Wildman–Crippen MR) is 131 cm³/mol. The smallest absolute Gasteiger partial charge is 0.137 e. The highest BCUT2D eigenvalue weighted by Gasteiger charge is 2.11. The maximum Gasteiger partial charge on any atom is 0.137 e. The van der Waals surface area contributed by atoms with E-state index in [4.69, 9.17) is 9.40 Å². The Balaban J connectivity index is 1.38. The Kier molecular flexibility index (Phi) is 3.55. The number of imidazole rings is 1. The molecule has 32 heavy (non-hydrogen) atoms. The van der Waals surface area contributed by atoms with Gasteiger partial charge >= 0.3 is 0 Å². The summed E-state index contributed by atoms with van der Waals surface area (Å²) in [6, 6.07) is 33.8. The van der Waals surface area contributed by atoms with Gasteiger partial charge in [0.25, 0.3) is 0 Å². The topological polar surface area (TPSA) is 30.4 Å². The first-order valence-corrected chi connectivity index (χ1v) is 10.7. The molecule has 0 aliphatic heterocycles. The number of hydrogen-bond donors (Lipinski definition) is 0. The molecule has 3 heteroatoms. The summed E-state index contributed by atoms with van der Waals surface area (Å²) in [4.78, 5) is 4.78. The molecule has 0 fully saturated rings. The molecule has 0 spiro atoms. The number of nitrogens with zero attached hydrogens (tertiary/aromatic N) is 2. The van der Waals surface area contributed by atoms with E-state index in [9.17, 15) is 0 Å². The Bertz CT molecular complexity index is 1760. The Labute approximate surface area is 184 Å². The van der Waals surface area contributed by atoms with Crippen molar-refractivity contribution in [3.8, 4) is 22.4 Å². The van der Waals surface area contributed by atoms with Crippen molar-refractivity contribution < 1.29 is 4.42 Å². The fraction of sp³-hybridized carbons (Fsp3) is 0. The lowest BCUT2D eigenvalue weighted by Crippen LogP contribution is -1.81. The first kappa shape index (κ1) is 17.3. The number of benzene rings is 4. The van der Waals surface area contributed by atoms with E-state index in [0.29, 0.717) is 0 Å². The lowest BCUT2D eigenvalue weighted by molar-refractivity contribution is 0.669. The molecule has 4 aromatic carbocycles. The molecule has 0 aliphatic carbocycles. The first-order chi connectivity index (χ1) is 15.8. The van der Waals surface area contributed by atoms with Crippen molar-refractivity contribution in [2.45, 2.75) is 0 Å². The van der Waals surface area contributed by atoms with Crippen molar-refractivity contribution in [3.05, 3.63) is 109 Å². The fourth-order valence-corrected chi connectivity index (χ4v) is 4.57. The maximum absolute atomic E-state index is 6.17. The van der Waals surface area contributed by atoms with Crippen molar-refractivity contribution >= 4 is 38.4 Å². The molecule has 7 aromatic rings. The van der Waals surface area contributed by atoms with Crippen LogP contribution in [0, 0.1) is 0 Å². The first-order valence-electron chi connectivity index (χ1n) is 10.7. The molecule has 3 aromatic heterocycles. The molecule has 0 bridgehead atoms. The molecule has 0 atom stereocenters. The van der Waals surface area contributed by atoms with Gasteiger partial charge in [0.15, 0.2) is 0 Å². The molecule has 0 radical (unpaired) electrons. The molecular formula is C29H18N2O. The van der Waals surface area contributed by atoms with E-state index in [2.05, 4.69) is 89.5 Å². The largest absolute Gasteiger partial charge is 0.456 e. The molecule has 0 amide bonds. The van der Waals surface area contributed by atoms with Crippen LogP contribution in [0.1, 0.15) is 0 Å². The minimum atomic E-state index is 0.913. The van der Waals surface area contributed by atoms with Gasteiger partial charge in [0.2, 0.25) is 0 Å². The van der Waals surface area contributed by atoms with Crippen LogP contribution in [-0.2, 0) is 0 Å². The number of hydrogen-bond acceptors (Lipinski definition) is 2. The zero-order valence-electron chi connectivity index (χ0n) is 17.2. The lowest BCUT2D eigenvalue weighted by atomic mass is 9.99. The second-order valence-electron chi connectivity index (χ2n) is 8.18. The third-order valence-electron chi connectivity index (χ3n) is 6.19. The number of furan rings is 1. The van der Waals surface area contributed by atoms with Crippen LogP contribution >= 0.6 is 0 Å². The van der Waals surface area contributed by atoms with Gasteiger partial charge in [0.1, 0.15) is 16.8 Å². The van der Waals surface area contributed by atoms with Crippen molar-refractivity contribution in [1.29, 1.82) is 0 Å². The van der Waals surface area contributed by atoms with Gasteiger partial charge in [0.05, 0.1) is 5.69 Å². The van der Waals surface area contributed by atoms with Crippen LogP contribution in [-0.4, -0.2) is 9.38 Å². The van der Waals surface area contributed by atoms with Crippen LogP contribution in [0.5, 0.6) is 0 Å². The Hall–Kier alpha value is -4.37. The third kappa shape index (κ3) is 2.65. The van der Waals surface area contributed by atoms with E-state index in [1.807, 2.05) is 24.4 Å². The summed E-state index contributed by atoms with van der Waals surface area (Å²) >= 11 is 0. The number of rotatable bonds is 2. The summed E-state index contributed by atoms with van der Waals surface area (Å²) < 4.78 is 8.22. The van der Waals surface area contributed by atoms with E-state index < -0.39 is 0 Å². The molecule has 3 heterocycles. The number of pyridine rings is 1. The third-order valence-corrected chi connectivity index (χ3v) is 6.19. The molecule has 0 N–H and O–H groups in total. The van der Waals surface area contributed by atoms with Crippen LogP contribution in [0.25, 0.3) is 60.7 Å². The van der Waals surface area contributed by atoms with Gasteiger partial charge in [-0.15, -0.1) is 0 Å². The summed E-state index contributed by atoms with van der Waals surface area (Å²) in [5.41, 5.74) is 7.19. The highest BCUT2D eigenvalue weighted by atomic mass is 16.3. The molecule has 0 saturated heterocycles. The van der Waals surface area contributed by atoms with E-state index in [0.717, 1.165) is 44.4 Å². The summed E-state index contributed by atoms with van der Waals surface area (Å²) in [7, 11) is 0. The number of fused-ring (bicyclic) bond motifs is 5. The average Bonchev–Trinajstić information content (AvgIpc) is 3.43. The van der Waals surface area contributed by atoms with E-state index in [1.54, 1.807) is 0 Å². The van der Waals surface area contributed by atoms with Gasteiger partial charge in [-0.1, -0.05) is 54.6 Å². The van der Waals surface area contributed by atoms with Crippen molar-refractivity contribution in [2.75, 3.05) is 0 Å². The van der Waals surface area contributed by atoms with Crippen LogP contribution in [0.3, 0.4) is 0 Å². The minimum Gasteiger partial charge on any atom is -0.456 e.